The summed E-state index contributed by atoms with van der Waals surface area (Å²) in [4.78, 5) is 43.4. The quantitative estimate of drug-likeness (QED) is 0.154. The van der Waals surface area contributed by atoms with Gasteiger partial charge in [0.05, 0.1) is 35.8 Å². The lowest BCUT2D eigenvalue weighted by molar-refractivity contribution is -0.00446. The summed E-state index contributed by atoms with van der Waals surface area (Å²) >= 11 is 4.24. The maximum absolute atomic E-state index is 11.7. The maximum Gasteiger partial charge on any atom is 0.280 e. The number of nitrogens with zero attached hydrogens (tertiary/aromatic N) is 4. The Balaban J connectivity index is 0.000000338. The molecule has 0 amide bonds. The fraction of sp³-hybridized carbons (Fsp3) is 0.474. The molecule has 206 valence electrons. The summed E-state index contributed by atoms with van der Waals surface area (Å²) in [6, 6.07) is 0. The Morgan fingerprint density at radius 3 is 2.16 bits per heavy atom. The monoisotopic (exact) mass is 859 g/mol. The van der Waals surface area contributed by atoms with Crippen molar-refractivity contribution >= 4 is 90.1 Å². The van der Waals surface area contributed by atoms with Crippen LogP contribution in [0.4, 0.5) is 17.7 Å². The first kappa shape index (κ1) is 33.6. The predicted octanol–water partition coefficient (Wildman–Crippen LogP) is -0.223. The number of hydrogen-bond donors (Lipinski definition) is 9. The van der Waals surface area contributed by atoms with E-state index in [1.807, 2.05) is 0 Å². The number of aromatic nitrogens is 6. The van der Waals surface area contributed by atoms with Crippen LogP contribution in [0.3, 0.4) is 0 Å². The normalized spacial score (nSPS) is 17.2. The number of anilines is 3. The molecule has 0 aromatic carbocycles. The molecule has 3 aromatic heterocycles. The van der Waals surface area contributed by atoms with Crippen molar-refractivity contribution in [3.05, 3.63) is 38.2 Å². The number of aliphatic hydroxyl groups is 4. The van der Waals surface area contributed by atoms with Gasteiger partial charge >= 0.3 is 0 Å². The van der Waals surface area contributed by atoms with Crippen molar-refractivity contribution < 1.29 is 20.4 Å². The molecule has 18 heteroatoms. The molecule has 11 N–H and O–H groups in total. The zero-order valence-electron chi connectivity index (χ0n) is 19.6. The molecule has 5 atom stereocenters. The SMILES string of the molecule is C[C@H](O)[C@H](O)[C@H]1CNc2nc(N)[nH]c(=O)c2C1.C[C@H](O)[C@H](O)c1cnc2nc(N)[nH]c(=O)c2n1.I.II. The topological polar surface area (TPSA) is 262 Å². The highest BCUT2D eigenvalue weighted by Gasteiger charge is 2.30. The molecule has 0 radical (unpaired) electrons. The predicted molar refractivity (Wildman–Crippen MR) is 165 cm³/mol. The van der Waals surface area contributed by atoms with Gasteiger partial charge in [-0.25, -0.2) is 9.97 Å². The van der Waals surface area contributed by atoms with Crippen LogP contribution in [0, 0.1) is 5.92 Å². The zero-order valence-corrected chi connectivity index (χ0v) is 26.2. The summed E-state index contributed by atoms with van der Waals surface area (Å²) in [7, 11) is 0. The zero-order chi connectivity index (χ0) is 27.2. The van der Waals surface area contributed by atoms with Gasteiger partial charge in [-0.05, 0) is 20.3 Å². The number of nitrogens with two attached hydrogens (primary N) is 2. The standard InChI is InChI=1S/C10H16N4O3.C9H11N5O3.I2.HI/c1-4(15)7(16)5-2-6-8(12-3-5)13-10(11)14-9(6)17;1-3(15)6(16)4-2-11-7-5(12-4)8(17)14-9(10)13-7;1-2;/h4-5,7,15-16H,2-3H2,1H3,(H4,11,12,13,14,17);2-3,6,15-16H,1H3,(H3,10,11,13,14,17);;1H/t4-,5+,7-;3-,6-;;/m00../s1. The third-order valence-corrected chi connectivity index (χ3v) is 5.22. The second-order valence-electron chi connectivity index (χ2n) is 7.96. The molecule has 4 rings (SSSR count). The lowest BCUT2D eigenvalue weighted by Gasteiger charge is -2.29. The van der Waals surface area contributed by atoms with E-state index in [2.05, 4.69) is 72.5 Å². The molecule has 0 unspecified atom stereocenters. The molecule has 15 nitrogen and oxygen atoms in total. The number of aliphatic hydroxyl groups excluding tert-OH is 4. The molecular formula is C19H28I3N9O6. The summed E-state index contributed by atoms with van der Waals surface area (Å²) in [5.74, 6) is 0.255. The Hall–Kier alpha value is -1.47. The smallest absolute Gasteiger partial charge is 0.280 e. The van der Waals surface area contributed by atoms with Gasteiger partial charge in [0.25, 0.3) is 11.1 Å². The van der Waals surface area contributed by atoms with Gasteiger partial charge in [0, 0.05) is 49.7 Å². The molecule has 3 aromatic rings. The molecule has 1 aliphatic heterocycles. The van der Waals surface area contributed by atoms with Gasteiger partial charge in [-0.15, -0.1) is 24.0 Å². The molecule has 1 aliphatic rings. The Bertz CT molecular complexity index is 1290. The second kappa shape index (κ2) is 15.2. The fourth-order valence-electron chi connectivity index (χ4n) is 3.39. The van der Waals surface area contributed by atoms with E-state index in [0.29, 0.717) is 24.3 Å². The maximum atomic E-state index is 11.7. The van der Waals surface area contributed by atoms with Gasteiger partial charge in [-0.1, -0.05) is 0 Å². The van der Waals surface area contributed by atoms with E-state index in [-0.39, 0.29) is 64.2 Å². The number of nitrogens with one attached hydrogen (secondary N) is 3. The van der Waals surface area contributed by atoms with Crippen LogP contribution in [-0.4, -0.2) is 75.2 Å². The number of halogens is 3. The third kappa shape index (κ3) is 8.77. The minimum atomic E-state index is -1.20. The van der Waals surface area contributed by atoms with Crippen molar-refractivity contribution in [3.8, 4) is 0 Å². The van der Waals surface area contributed by atoms with Crippen LogP contribution < -0.4 is 27.9 Å². The Labute approximate surface area is 250 Å². The van der Waals surface area contributed by atoms with E-state index in [0.717, 1.165) is 0 Å². The summed E-state index contributed by atoms with van der Waals surface area (Å²) in [5, 5.41) is 40.9. The Morgan fingerprint density at radius 1 is 0.973 bits per heavy atom. The number of fused-ring (bicyclic) bond motifs is 2. The lowest BCUT2D eigenvalue weighted by Crippen LogP contribution is -2.41. The molecule has 37 heavy (non-hydrogen) atoms. The van der Waals surface area contributed by atoms with Gasteiger partial charge < -0.3 is 37.2 Å². The lowest BCUT2D eigenvalue weighted by atomic mass is 9.89. The molecule has 0 saturated carbocycles. The molecular weight excluding hydrogens is 831 g/mol. The van der Waals surface area contributed by atoms with Crippen LogP contribution in [-0.2, 0) is 6.42 Å². The van der Waals surface area contributed by atoms with E-state index in [1.165, 1.54) is 20.0 Å². The first-order valence-electron chi connectivity index (χ1n) is 10.5. The first-order chi connectivity index (χ1) is 17.0. The summed E-state index contributed by atoms with van der Waals surface area (Å²) in [5.41, 5.74) is 10.6. The van der Waals surface area contributed by atoms with Crippen LogP contribution in [0.1, 0.15) is 31.2 Å². The van der Waals surface area contributed by atoms with Gasteiger partial charge in [-0.3, -0.25) is 19.6 Å². The highest BCUT2D eigenvalue weighted by molar-refractivity contribution is 15.0. The number of aromatic amines is 2. The van der Waals surface area contributed by atoms with Crippen LogP contribution in [0.5, 0.6) is 0 Å². The minimum absolute atomic E-state index is 0. The van der Waals surface area contributed by atoms with Crippen LogP contribution in [0.25, 0.3) is 11.2 Å². The molecule has 0 saturated heterocycles. The van der Waals surface area contributed by atoms with Gasteiger partial charge in [0.15, 0.2) is 11.2 Å². The highest BCUT2D eigenvalue weighted by atomic mass is 128. The first-order valence-corrected chi connectivity index (χ1v) is 16.8. The van der Waals surface area contributed by atoms with Crippen molar-refractivity contribution in [1.82, 2.24) is 29.9 Å². The number of rotatable bonds is 4. The molecule has 4 heterocycles. The molecule has 0 fully saturated rings. The summed E-state index contributed by atoms with van der Waals surface area (Å²) in [6.07, 6.45) is -2.30. The third-order valence-electron chi connectivity index (χ3n) is 5.22. The Kier molecular flexibility index (Phi) is 13.8. The van der Waals surface area contributed by atoms with Crippen molar-refractivity contribution in [3.63, 3.8) is 0 Å². The molecule has 0 bridgehead atoms. The molecule has 0 aliphatic carbocycles. The van der Waals surface area contributed by atoms with E-state index in [1.54, 1.807) is 0 Å². The number of nitrogen functional groups attached to an aromatic ring is 2. The van der Waals surface area contributed by atoms with E-state index >= 15 is 0 Å². The van der Waals surface area contributed by atoms with Gasteiger partial charge in [0.2, 0.25) is 11.9 Å². The van der Waals surface area contributed by atoms with E-state index < -0.39 is 30.0 Å². The van der Waals surface area contributed by atoms with Crippen molar-refractivity contribution in [2.75, 3.05) is 23.3 Å². The van der Waals surface area contributed by atoms with Crippen LogP contribution in [0.15, 0.2) is 15.8 Å². The van der Waals surface area contributed by atoms with Crippen molar-refractivity contribution in [2.24, 2.45) is 5.92 Å². The van der Waals surface area contributed by atoms with Crippen LogP contribution in [0.2, 0.25) is 0 Å². The number of H-pyrrole nitrogens is 2. The van der Waals surface area contributed by atoms with Gasteiger partial charge in [-0.2, -0.15) is 9.97 Å². The average molecular weight is 859 g/mol. The van der Waals surface area contributed by atoms with E-state index in [4.69, 9.17) is 11.5 Å². The second-order valence-corrected chi connectivity index (χ2v) is 7.96. The minimum Gasteiger partial charge on any atom is -0.391 e. The van der Waals surface area contributed by atoms with Gasteiger partial charge in [0.1, 0.15) is 11.9 Å². The average Bonchev–Trinajstić information content (AvgIpc) is 2.84. The van der Waals surface area contributed by atoms with Crippen LogP contribution >= 0.6 is 61.2 Å². The fourth-order valence-corrected chi connectivity index (χ4v) is 3.39. The largest absolute Gasteiger partial charge is 0.391 e. The summed E-state index contributed by atoms with van der Waals surface area (Å²) < 4.78 is 0. The Morgan fingerprint density at radius 2 is 1.57 bits per heavy atom. The molecule has 0 spiro atoms. The number of hydrogen-bond acceptors (Lipinski definition) is 13. The highest BCUT2D eigenvalue weighted by Crippen LogP contribution is 2.23. The summed E-state index contributed by atoms with van der Waals surface area (Å²) in [6.45, 7) is 3.38. The van der Waals surface area contributed by atoms with E-state index in [9.17, 15) is 30.0 Å². The van der Waals surface area contributed by atoms with Crippen molar-refractivity contribution in [1.29, 1.82) is 0 Å². The van der Waals surface area contributed by atoms with Crippen molar-refractivity contribution in [2.45, 2.75) is 44.7 Å².